The molecule has 0 fully saturated rings. The molecule has 6 nitrogen and oxygen atoms in total. The lowest BCUT2D eigenvalue weighted by atomic mass is 10.4. The molecule has 0 spiro atoms. The maximum Gasteiger partial charge on any atom is 0.277 e. The summed E-state index contributed by atoms with van der Waals surface area (Å²) in [6.07, 6.45) is 3.22. The van der Waals surface area contributed by atoms with Crippen molar-refractivity contribution in [1.29, 1.82) is 0 Å². The Kier molecular flexibility index (Phi) is 4.10. The van der Waals surface area contributed by atoms with Crippen LogP contribution in [0.5, 0.6) is 0 Å². The van der Waals surface area contributed by atoms with Crippen molar-refractivity contribution >= 4 is 45.7 Å². The summed E-state index contributed by atoms with van der Waals surface area (Å²) in [5, 5.41) is 12.1. The third kappa shape index (κ3) is 2.95. The van der Waals surface area contributed by atoms with Gasteiger partial charge < -0.3 is 0 Å². The predicted octanol–water partition coefficient (Wildman–Crippen LogP) is 2.26. The third-order valence-electron chi connectivity index (χ3n) is 1.87. The minimum Gasteiger partial charge on any atom is -0.295 e. The van der Waals surface area contributed by atoms with E-state index in [0.29, 0.717) is 10.3 Å². The summed E-state index contributed by atoms with van der Waals surface area (Å²) in [7, 11) is 0. The third-order valence-corrected chi connectivity index (χ3v) is 3.46. The SMILES string of the molecule is CSc1ncc(Cl)c(C(=O)Nc2nnc(C)s2)n1. The molecule has 0 radical (unpaired) electrons. The second-order valence-corrected chi connectivity index (χ2v) is 5.50. The highest BCUT2D eigenvalue weighted by atomic mass is 35.5. The number of thioether (sulfide) groups is 1. The number of halogens is 1. The maximum absolute atomic E-state index is 12.0. The fourth-order valence-electron chi connectivity index (χ4n) is 1.11. The normalized spacial score (nSPS) is 10.4. The summed E-state index contributed by atoms with van der Waals surface area (Å²) in [6.45, 7) is 1.80. The van der Waals surface area contributed by atoms with Crippen LogP contribution in [0, 0.1) is 6.92 Å². The molecular formula is C9H8ClN5OS2. The highest BCUT2D eigenvalue weighted by Gasteiger charge is 2.15. The van der Waals surface area contributed by atoms with Crippen LogP contribution in [0.1, 0.15) is 15.5 Å². The van der Waals surface area contributed by atoms with Gasteiger partial charge in [0.1, 0.15) is 5.01 Å². The number of aromatic nitrogens is 4. The van der Waals surface area contributed by atoms with Crippen LogP contribution in [0.3, 0.4) is 0 Å². The lowest BCUT2D eigenvalue weighted by Crippen LogP contribution is -2.15. The first-order valence-electron chi connectivity index (χ1n) is 4.78. The van der Waals surface area contributed by atoms with Crippen molar-refractivity contribution in [1.82, 2.24) is 20.2 Å². The Morgan fingerprint density at radius 3 is 2.89 bits per heavy atom. The number of carbonyl (C=O) groups is 1. The highest BCUT2D eigenvalue weighted by molar-refractivity contribution is 7.98. The van der Waals surface area contributed by atoms with Gasteiger partial charge in [-0.25, -0.2) is 9.97 Å². The molecule has 0 aliphatic carbocycles. The molecule has 0 saturated heterocycles. The molecule has 0 unspecified atom stereocenters. The molecule has 18 heavy (non-hydrogen) atoms. The molecule has 0 aromatic carbocycles. The first-order chi connectivity index (χ1) is 8.60. The minimum atomic E-state index is -0.422. The number of nitrogens with zero attached hydrogens (tertiary/aromatic N) is 4. The van der Waals surface area contributed by atoms with Gasteiger partial charge in [0.25, 0.3) is 5.91 Å². The van der Waals surface area contributed by atoms with E-state index < -0.39 is 5.91 Å². The van der Waals surface area contributed by atoms with Gasteiger partial charge in [-0.1, -0.05) is 34.7 Å². The molecule has 2 heterocycles. The van der Waals surface area contributed by atoms with Crippen LogP contribution < -0.4 is 5.32 Å². The van der Waals surface area contributed by atoms with Crippen LogP contribution >= 0.6 is 34.7 Å². The minimum absolute atomic E-state index is 0.129. The van der Waals surface area contributed by atoms with Crippen molar-refractivity contribution in [3.63, 3.8) is 0 Å². The first-order valence-corrected chi connectivity index (χ1v) is 7.20. The number of aryl methyl sites for hydroxylation is 1. The fraction of sp³-hybridized carbons (Fsp3) is 0.222. The van der Waals surface area contributed by atoms with Gasteiger partial charge in [-0.05, 0) is 13.2 Å². The second-order valence-electron chi connectivity index (χ2n) is 3.13. The molecular weight excluding hydrogens is 294 g/mol. The number of rotatable bonds is 3. The lowest BCUT2D eigenvalue weighted by molar-refractivity contribution is 0.102. The zero-order valence-electron chi connectivity index (χ0n) is 9.47. The van der Waals surface area contributed by atoms with Gasteiger partial charge in [0.05, 0.1) is 11.2 Å². The number of hydrogen-bond acceptors (Lipinski definition) is 7. The van der Waals surface area contributed by atoms with Crippen molar-refractivity contribution in [2.24, 2.45) is 0 Å². The lowest BCUT2D eigenvalue weighted by Gasteiger charge is -2.03. The van der Waals surface area contributed by atoms with Crippen LogP contribution in [-0.4, -0.2) is 32.3 Å². The van der Waals surface area contributed by atoms with E-state index in [0.717, 1.165) is 5.01 Å². The maximum atomic E-state index is 12.0. The number of anilines is 1. The van der Waals surface area contributed by atoms with Crippen molar-refractivity contribution in [3.05, 3.63) is 21.9 Å². The van der Waals surface area contributed by atoms with Gasteiger partial charge in [0, 0.05) is 0 Å². The number of nitrogens with one attached hydrogen (secondary N) is 1. The smallest absolute Gasteiger partial charge is 0.277 e. The average molecular weight is 302 g/mol. The molecule has 0 aliphatic rings. The zero-order valence-corrected chi connectivity index (χ0v) is 11.9. The molecule has 94 valence electrons. The van der Waals surface area contributed by atoms with Crippen molar-refractivity contribution in [2.45, 2.75) is 12.1 Å². The van der Waals surface area contributed by atoms with Crippen LogP contribution in [0.2, 0.25) is 5.02 Å². The molecule has 0 aliphatic heterocycles. The Morgan fingerprint density at radius 1 is 1.50 bits per heavy atom. The zero-order chi connectivity index (χ0) is 13.1. The van der Waals surface area contributed by atoms with E-state index in [1.54, 1.807) is 6.92 Å². The molecule has 1 amide bonds. The van der Waals surface area contributed by atoms with Crippen molar-refractivity contribution in [3.8, 4) is 0 Å². The van der Waals surface area contributed by atoms with Crippen LogP contribution in [0.25, 0.3) is 0 Å². The molecule has 1 N–H and O–H groups in total. The molecule has 0 bridgehead atoms. The molecule has 2 aromatic heterocycles. The fourth-order valence-corrected chi connectivity index (χ4v) is 2.22. The Bertz CT molecular complexity index is 588. The standard InChI is InChI=1S/C9H8ClN5OS2/c1-4-14-15-9(18-4)13-7(16)6-5(10)3-11-8(12-6)17-2/h3H,1-2H3,(H,13,15,16). The number of carbonyl (C=O) groups excluding carboxylic acids is 1. The van der Waals surface area contributed by atoms with Gasteiger partial charge in [-0.3, -0.25) is 10.1 Å². The number of hydrogen-bond donors (Lipinski definition) is 1. The van der Waals surface area contributed by atoms with Crippen LogP contribution in [-0.2, 0) is 0 Å². The Hall–Kier alpha value is -1.25. The van der Waals surface area contributed by atoms with Gasteiger partial charge >= 0.3 is 0 Å². The van der Waals surface area contributed by atoms with Crippen molar-refractivity contribution in [2.75, 3.05) is 11.6 Å². The Morgan fingerprint density at radius 2 is 2.28 bits per heavy atom. The summed E-state index contributed by atoms with van der Waals surface area (Å²) < 4.78 is 0. The first kappa shape index (κ1) is 13.2. The Labute approximate surface area is 116 Å². The predicted molar refractivity (Wildman–Crippen MR) is 71.4 cm³/mol. The van der Waals surface area contributed by atoms with E-state index >= 15 is 0 Å². The average Bonchev–Trinajstić information content (AvgIpc) is 2.75. The summed E-state index contributed by atoms with van der Waals surface area (Å²) in [5.41, 5.74) is 0.129. The van der Waals surface area contributed by atoms with E-state index in [1.807, 2.05) is 6.26 Å². The van der Waals surface area contributed by atoms with Gasteiger partial charge in [-0.15, -0.1) is 10.2 Å². The largest absolute Gasteiger partial charge is 0.295 e. The van der Waals surface area contributed by atoms with Crippen molar-refractivity contribution < 1.29 is 4.79 Å². The molecule has 0 atom stereocenters. The van der Waals surface area contributed by atoms with Crippen LogP contribution in [0.4, 0.5) is 5.13 Å². The number of amides is 1. The summed E-state index contributed by atoms with van der Waals surface area (Å²) in [4.78, 5) is 20.0. The quantitative estimate of drug-likeness (QED) is 0.692. The van der Waals surface area contributed by atoms with E-state index in [2.05, 4.69) is 25.5 Å². The molecule has 9 heteroatoms. The monoisotopic (exact) mass is 301 g/mol. The Balaban J connectivity index is 2.23. The summed E-state index contributed by atoms with van der Waals surface area (Å²) >= 11 is 8.51. The second kappa shape index (κ2) is 5.59. The highest BCUT2D eigenvalue weighted by Crippen LogP contribution is 2.19. The van der Waals surface area contributed by atoms with Crippen LogP contribution in [0.15, 0.2) is 11.4 Å². The summed E-state index contributed by atoms with van der Waals surface area (Å²) in [6, 6.07) is 0. The molecule has 0 saturated carbocycles. The van der Waals surface area contributed by atoms with Gasteiger partial charge in [-0.2, -0.15) is 0 Å². The van der Waals surface area contributed by atoms with E-state index in [4.69, 9.17) is 11.6 Å². The van der Waals surface area contributed by atoms with E-state index in [1.165, 1.54) is 29.3 Å². The van der Waals surface area contributed by atoms with Gasteiger partial charge in [0.15, 0.2) is 10.9 Å². The molecule has 2 rings (SSSR count). The van der Waals surface area contributed by atoms with Gasteiger partial charge in [0.2, 0.25) is 5.13 Å². The molecule has 2 aromatic rings. The topological polar surface area (TPSA) is 80.7 Å². The van der Waals surface area contributed by atoms with E-state index in [9.17, 15) is 4.79 Å². The van der Waals surface area contributed by atoms with E-state index in [-0.39, 0.29) is 10.7 Å². The summed E-state index contributed by atoms with van der Waals surface area (Å²) in [5.74, 6) is -0.422.